The molecule has 8 nitrogen and oxygen atoms in total. The van der Waals surface area contributed by atoms with Gasteiger partial charge in [0.25, 0.3) is 0 Å². The number of fused-ring (bicyclic) bond motifs is 1. The Labute approximate surface area is 114 Å². The molecular formula is C12H13N3O5. The van der Waals surface area contributed by atoms with Crippen LogP contribution in [0.4, 0.5) is 16.2 Å². The average molecular weight is 279 g/mol. The first-order valence-corrected chi connectivity index (χ1v) is 5.88. The van der Waals surface area contributed by atoms with E-state index in [2.05, 4.69) is 16.0 Å². The van der Waals surface area contributed by atoms with Crippen molar-refractivity contribution in [2.75, 3.05) is 23.8 Å². The molecule has 0 unspecified atom stereocenters. The maximum Gasteiger partial charge on any atom is 0.323 e. The number of anilines is 2. The predicted molar refractivity (Wildman–Crippen MR) is 69.8 cm³/mol. The van der Waals surface area contributed by atoms with E-state index < -0.39 is 18.5 Å². The summed E-state index contributed by atoms with van der Waals surface area (Å²) >= 11 is 0. The van der Waals surface area contributed by atoms with Crippen LogP contribution in [0, 0.1) is 0 Å². The normalized spacial score (nSPS) is 13.3. The van der Waals surface area contributed by atoms with Gasteiger partial charge in [0.1, 0.15) is 12.3 Å². The van der Waals surface area contributed by atoms with E-state index in [-0.39, 0.29) is 12.3 Å². The minimum absolute atomic E-state index is 0.170. The molecule has 1 aliphatic rings. The van der Waals surface area contributed by atoms with Crippen molar-refractivity contribution in [2.45, 2.75) is 6.42 Å². The lowest BCUT2D eigenvalue weighted by Crippen LogP contribution is -2.33. The molecule has 0 saturated carbocycles. The molecule has 0 saturated heterocycles. The van der Waals surface area contributed by atoms with Crippen molar-refractivity contribution in [2.24, 2.45) is 0 Å². The van der Waals surface area contributed by atoms with Gasteiger partial charge in [0.2, 0.25) is 5.91 Å². The number of carbonyl (C=O) groups is 3. The molecule has 1 aromatic carbocycles. The maximum absolute atomic E-state index is 11.4. The predicted octanol–water partition coefficient (Wildman–Crippen LogP) is 0.614. The van der Waals surface area contributed by atoms with Gasteiger partial charge in [-0.25, -0.2) is 4.79 Å². The number of ether oxygens (including phenoxy) is 1. The topological polar surface area (TPSA) is 117 Å². The lowest BCUT2D eigenvalue weighted by atomic mass is 10.2. The van der Waals surface area contributed by atoms with Gasteiger partial charge in [0.05, 0.1) is 18.7 Å². The highest BCUT2D eigenvalue weighted by atomic mass is 16.5. The first-order chi connectivity index (χ1) is 9.54. The summed E-state index contributed by atoms with van der Waals surface area (Å²) in [6.07, 6.45) is 0.260. The van der Waals surface area contributed by atoms with Crippen LogP contribution in [0.15, 0.2) is 18.2 Å². The average Bonchev–Trinajstić information content (AvgIpc) is 2.56. The third-order valence-corrected chi connectivity index (χ3v) is 2.50. The Morgan fingerprint density at radius 3 is 2.95 bits per heavy atom. The van der Waals surface area contributed by atoms with Crippen LogP contribution in [0.5, 0.6) is 5.75 Å². The van der Waals surface area contributed by atoms with E-state index in [4.69, 9.17) is 9.84 Å². The molecule has 0 atom stereocenters. The molecule has 106 valence electrons. The molecule has 1 aromatic rings. The fourth-order valence-electron chi connectivity index (χ4n) is 1.63. The Hall–Kier alpha value is -2.77. The van der Waals surface area contributed by atoms with Crippen LogP contribution in [0.25, 0.3) is 0 Å². The fraction of sp³-hybridized carbons (Fsp3) is 0.250. The van der Waals surface area contributed by atoms with Crippen LogP contribution < -0.4 is 20.7 Å². The molecule has 8 heteroatoms. The Morgan fingerprint density at radius 2 is 2.20 bits per heavy atom. The highest BCUT2D eigenvalue weighted by Crippen LogP contribution is 2.29. The number of carboxylic acid groups (broad SMARTS) is 1. The van der Waals surface area contributed by atoms with Gasteiger partial charge in [0, 0.05) is 5.69 Å². The van der Waals surface area contributed by atoms with Crippen molar-refractivity contribution in [1.29, 1.82) is 0 Å². The largest absolute Gasteiger partial charge is 0.491 e. The molecular weight excluding hydrogens is 266 g/mol. The van der Waals surface area contributed by atoms with Crippen molar-refractivity contribution < 1.29 is 24.2 Å². The molecule has 0 spiro atoms. The summed E-state index contributed by atoms with van der Waals surface area (Å²) in [6.45, 7) is -0.179. The molecule has 0 aromatic heterocycles. The van der Waals surface area contributed by atoms with Crippen molar-refractivity contribution in [1.82, 2.24) is 5.32 Å². The van der Waals surface area contributed by atoms with E-state index >= 15 is 0 Å². The van der Waals surface area contributed by atoms with Gasteiger partial charge < -0.3 is 25.8 Å². The Morgan fingerprint density at radius 1 is 1.40 bits per heavy atom. The summed E-state index contributed by atoms with van der Waals surface area (Å²) in [4.78, 5) is 33.1. The van der Waals surface area contributed by atoms with Gasteiger partial charge in [-0.2, -0.15) is 0 Å². The number of aliphatic carboxylic acids is 1. The fourth-order valence-corrected chi connectivity index (χ4v) is 1.63. The number of nitrogens with one attached hydrogen (secondary N) is 3. The molecule has 0 aliphatic carbocycles. The molecule has 20 heavy (non-hydrogen) atoms. The molecule has 0 fully saturated rings. The molecule has 4 N–H and O–H groups in total. The highest BCUT2D eigenvalue weighted by molar-refractivity contribution is 5.96. The zero-order valence-corrected chi connectivity index (χ0v) is 10.4. The third-order valence-electron chi connectivity index (χ3n) is 2.50. The van der Waals surface area contributed by atoms with Crippen molar-refractivity contribution >= 4 is 29.3 Å². The number of amides is 3. The summed E-state index contributed by atoms with van der Waals surface area (Å²) in [7, 11) is 0. The lowest BCUT2D eigenvalue weighted by molar-refractivity contribution is -0.135. The van der Waals surface area contributed by atoms with Crippen LogP contribution in [-0.2, 0) is 9.59 Å². The SMILES string of the molecule is O=C(O)CNC(=O)Nc1ccc2c(c1)NC(=O)CCO2. The second kappa shape index (κ2) is 5.91. The number of hydrogen-bond acceptors (Lipinski definition) is 4. The van der Waals surface area contributed by atoms with Crippen molar-refractivity contribution in [3.05, 3.63) is 18.2 Å². The standard InChI is InChI=1S/C12H13N3O5/c16-10-3-4-20-9-2-1-7(5-8(9)15-10)14-12(19)13-6-11(17)18/h1-2,5H,3-4,6H2,(H,15,16)(H,17,18)(H2,13,14,19). The van der Waals surface area contributed by atoms with Gasteiger partial charge >= 0.3 is 12.0 Å². The van der Waals surface area contributed by atoms with Crippen LogP contribution in [0.1, 0.15) is 6.42 Å². The molecule has 1 heterocycles. The summed E-state index contributed by atoms with van der Waals surface area (Å²) in [5.41, 5.74) is 0.876. The summed E-state index contributed by atoms with van der Waals surface area (Å²) in [5.74, 6) is -0.786. The van der Waals surface area contributed by atoms with Gasteiger partial charge in [-0.05, 0) is 18.2 Å². The van der Waals surface area contributed by atoms with Gasteiger partial charge in [-0.15, -0.1) is 0 Å². The Bertz CT molecular complexity index is 558. The number of urea groups is 1. The smallest absolute Gasteiger partial charge is 0.323 e. The molecule has 3 amide bonds. The van der Waals surface area contributed by atoms with Crippen LogP contribution in [-0.4, -0.2) is 36.2 Å². The minimum Gasteiger partial charge on any atom is -0.491 e. The third kappa shape index (κ3) is 3.61. The minimum atomic E-state index is -1.14. The summed E-state index contributed by atoms with van der Waals surface area (Å²) < 4.78 is 5.37. The first-order valence-electron chi connectivity index (χ1n) is 5.88. The van der Waals surface area contributed by atoms with Crippen molar-refractivity contribution in [3.8, 4) is 5.75 Å². The molecule has 1 aliphatic heterocycles. The van der Waals surface area contributed by atoms with E-state index in [0.29, 0.717) is 23.7 Å². The quantitative estimate of drug-likeness (QED) is 0.647. The van der Waals surface area contributed by atoms with E-state index in [1.54, 1.807) is 18.2 Å². The molecule has 0 bridgehead atoms. The number of rotatable bonds is 3. The van der Waals surface area contributed by atoms with Crippen molar-refractivity contribution in [3.63, 3.8) is 0 Å². The van der Waals surface area contributed by atoms with E-state index in [1.807, 2.05) is 0 Å². The summed E-state index contributed by atoms with van der Waals surface area (Å²) in [5, 5.41) is 15.7. The lowest BCUT2D eigenvalue weighted by Gasteiger charge is -2.10. The van der Waals surface area contributed by atoms with E-state index in [1.165, 1.54) is 0 Å². The van der Waals surface area contributed by atoms with Gasteiger partial charge in [0.15, 0.2) is 0 Å². The van der Waals surface area contributed by atoms with Crippen LogP contribution >= 0.6 is 0 Å². The first kappa shape index (κ1) is 13.7. The van der Waals surface area contributed by atoms with Crippen LogP contribution in [0.2, 0.25) is 0 Å². The zero-order valence-electron chi connectivity index (χ0n) is 10.4. The van der Waals surface area contributed by atoms with Gasteiger partial charge in [-0.3, -0.25) is 9.59 Å². The van der Waals surface area contributed by atoms with Gasteiger partial charge in [-0.1, -0.05) is 0 Å². The molecule has 0 radical (unpaired) electrons. The number of carboxylic acids is 1. The Kier molecular flexibility index (Phi) is 4.04. The second-order valence-corrected chi connectivity index (χ2v) is 4.06. The Balaban J connectivity index is 2.05. The summed E-state index contributed by atoms with van der Waals surface area (Å²) in [6, 6.07) is 4.11. The maximum atomic E-state index is 11.4. The van der Waals surface area contributed by atoms with E-state index in [0.717, 1.165) is 0 Å². The number of carbonyl (C=O) groups excluding carboxylic acids is 2. The number of benzene rings is 1. The second-order valence-electron chi connectivity index (χ2n) is 4.06. The van der Waals surface area contributed by atoms with Crippen LogP contribution in [0.3, 0.4) is 0 Å². The molecule has 2 rings (SSSR count). The zero-order chi connectivity index (χ0) is 14.5. The monoisotopic (exact) mass is 279 g/mol. The highest BCUT2D eigenvalue weighted by Gasteiger charge is 2.14. The number of hydrogen-bond donors (Lipinski definition) is 4. The van der Waals surface area contributed by atoms with E-state index in [9.17, 15) is 14.4 Å².